The smallest absolute Gasteiger partial charge is 0.0594 e. The Hall–Kier alpha value is -0.340. The van der Waals surface area contributed by atoms with Gasteiger partial charge in [-0.25, -0.2) is 0 Å². The van der Waals surface area contributed by atoms with Gasteiger partial charge in [0.1, 0.15) is 0 Å². The fourth-order valence-corrected chi connectivity index (χ4v) is 0.917. The molecule has 1 aliphatic rings. The van der Waals surface area contributed by atoms with E-state index in [0.29, 0.717) is 0 Å². The number of hydrogen-bond donors (Lipinski definition) is 0. The molecule has 0 radical (unpaired) electrons. The molecule has 0 bridgehead atoms. The van der Waals surface area contributed by atoms with E-state index in [1.807, 2.05) is 0 Å². The van der Waals surface area contributed by atoms with Crippen LogP contribution in [0.4, 0.5) is 0 Å². The number of likely N-dealkylation sites (N-methyl/N-ethyl adjacent to an activating group) is 1. The van der Waals surface area contributed by atoms with Gasteiger partial charge >= 0.3 is 0 Å². The molecule has 0 atom stereocenters. The lowest BCUT2D eigenvalue weighted by molar-refractivity contribution is 0.0405. The summed E-state index contributed by atoms with van der Waals surface area (Å²) >= 11 is 0. The molecule has 0 aromatic rings. The van der Waals surface area contributed by atoms with Crippen molar-refractivity contribution in [1.29, 1.82) is 0 Å². The molecule has 0 unspecified atom stereocenters. The molecular weight excluding hydrogens is 126 g/mol. The SMILES string of the molecule is C=C.CCN1CCOCC1. The van der Waals surface area contributed by atoms with Gasteiger partial charge in [-0.2, -0.15) is 0 Å². The molecule has 0 N–H and O–H groups in total. The second-order valence-corrected chi connectivity index (χ2v) is 2.05. The van der Waals surface area contributed by atoms with Crippen LogP contribution in [-0.4, -0.2) is 37.7 Å². The first kappa shape index (κ1) is 9.66. The predicted molar refractivity (Wildman–Crippen MR) is 44.2 cm³/mol. The molecule has 2 heteroatoms. The lowest BCUT2D eigenvalue weighted by atomic mass is 10.4. The van der Waals surface area contributed by atoms with Crippen LogP contribution in [0.25, 0.3) is 0 Å². The van der Waals surface area contributed by atoms with Gasteiger partial charge in [-0.15, -0.1) is 13.2 Å². The van der Waals surface area contributed by atoms with E-state index in [9.17, 15) is 0 Å². The second-order valence-electron chi connectivity index (χ2n) is 2.05. The van der Waals surface area contributed by atoms with Gasteiger partial charge in [-0.3, -0.25) is 4.90 Å². The van der Waals surface area contributed by atoms with E-state index in [1.165, 1.54) is 6.54 Å². The molecule has 10 heavy (non-hydrogen) atoms. The topological polar surface area (TPSA) is 12.5 Å². The Morgan fingerprint density at radius 1 is 1.30 bits per heavy atom. The third kappa shape index (κ3) is 3.64. The maximum Gasteiger partial charge on any atom is 0.0594 e. The molecule has 1 rings (SSSR count). The van der Waals surface area contributed by atoms with Gasteiger partial charge in [0, 0.05) is 13.1 Å². The quantitative estimate of drug-likeness (QED) is 0.510. The Kier molecular flexibility index (Phi) is 6.55. The van der Waals surface area contributed by atoms with E-state index in [-0.39, 0.29) is 0 Å². The largest absolute Gasteiger partial charge is 0.379 e. The summed E-state index contributed by atoms with van der Waals surface area (Å²) in [5.41, 5.74) is 0. The highest BCUT2D eigenvalue weighted by molar-refractivity contribution is 4.57. The molecule has 60 valence electrons. The minimum absolute atomic E-state index is 0.924. The number of hydrogen-bond acceptors (Lipinski definition) is 2. The van der Waals surface area contributed by atoms with Gasteiger partial charge < -0.3 is 4.74 Å². The van der Waals surface area contributed by atoms with Crippen molar-refractivity contribution in [2.75, 3.05) is 32.8 Å². The van der Waals surface area contributed by atoms with E-state index in [4.69, 9.17) is 4.74 Å². The number of rotatable bonds is 1. The van der Waals surface area contributed by atoms with Crippen molar-refractivity contribution in [3.05, 3.63) is 13.2 Å². The standard InChI is InChI=1S/C6H13NO.C2H4/c1-2-7-3-5-8-6-4-7;1-2/h2-6H2,1H3;1-2H2. The normalized spacial score (nSPS) is 19.3. The summed E-state index contributed by atoms with van der Waals surface area (Å²) in [5.74, 6) is 0. The van der Waals surface area contributed by atoms with Crippen LogP contribution in [0.5, 0.6) is 0 Å². The lowest BCUT2D eigenvalue weighted by Gasteiger charge is -2.24. The molecule has 0 aromatic heterocycles. The molecule has 1 heterocycles. The van der Waals surface area contributed by atoms with Crippen LogP contribution in [0.2, 0.25) is 0 Å². The van der Waals surface area contributed by atoms with E-state index in [2.05, 4.69) is 25.0 Å². The van der Waals surface area contributed by atoms with Crippen molar-refractivity contribution in [3.63, 3.8) is 0 Å². The highest BCUT2D eigenvalue weighted by Gasteiger charge is 2.05. The van der Waals surface area contributed by atoms with E-state index in [1.54, 1.807) is 0 Å². The third-order valence-corrected chi connectivity index (χ3v) is 1.55. The fourth-order valence-electron chi connectivity index (χ4n) is 0.917. The molecule has 0 aliphatic carbocycles. The minimum Gasteiger partial charge on any atom is -0.379 e. The highest BCUT2D eigenvalue weighted by Crippen LogP contribution is 1.93. The molecule has 1 saturated heterocycles. The van der Waals surface area contributed by atoms with Crippen molar-refractivity contribution in [2.45, 2.75) is 6.92 Å². The van der Waals surface area contributed by atoms with Gasteiger partial charge in [0.25, 0.3) is 0 Å². The Balaban J connectivity index is 0.000000371. The van der Waals surface area contributed by atoms with Gasteiger partial charge in [0.15, 0.2) is 0 Å². The average Bonchev–Trinajstić information content (AvgIpc) is 2.10. The maximum atomic E-state index is 5.16. The Morgan fingerprint density at radius 2 is 1.80 bits per heavy atom. The van der Waals surface area contributed by atoms with Crippen molar-refractivity contribution in [1.82, 2.24) is 4.90 Å². The first-order valence-corrected chi connectivity index (χ1v) is 3.73. The summed E-state index contributed by atoms with van der Waals surface area (Å²) < 4.78 is 5.16. The van der Waals surface area contributed by atoms with E-state index in [0.717, 1.165) is 26.3 Å². The Bertz CT molecular complexity index is 69.7. The van der Waals surface area contributed by atoms with Gasteiger partial charge in [0.2, 0.25) is 0 Å². The molecule has 1 fully saturated rings. The zero-order chi connectivity index (χ0) is 7.82. The molecule has 1 aliphatic heterocycles. The monoisotopic (exact) mass is 143 g/mol. The van der Waals surface area contributed by atoms with Crippen molar-refractivity contribution < 1.29 is 4.74 Å². The summed E-state index contributed by atoms with van der Waals surface area (Å²) in [7, 11) is 0. The highest BCUT2D eigenvalue weighted by atomic mass is 16.5. The number of morpholine rings is 1. The maximum absolute atomic E-state index is 5.16. The van der Waals surface area contributed by atoms with E-state index < -0.39 is 0 Å². The van der Waals surface area contributed by atoms with Crippen LogP contribution in [0.15, 0.2) is 13.2 Å². The zero-order valence-corrected chi connectivity index (χ0v) is 6.81. The van der Waals surface area contributed by atoms with Crippen LogP contribution in [0.3, 0.4) is 0 Å². The molecule has 0 amide bonds. The number of ether oxygens (including phenoxy) is 1. The zero-order valence-electron chi connectivity index (χ0n) is 6.81. The van der Waals surface area contributed by atoms with Gasteiger partial charge in [-0.1, -0.05) is 6.92 Å². The summed E-state index contributed by atoms with van der Waals surface area (Å²) in [5, 5.41) is 0. The molecule has 0 aromatic carbocycles. The lowest BCUT2D eigenvalue weighted by Crippen LogP contribution is -2.35. The third-order valence-electron chi connectivity index (χ3n) is 1.55. The second kappa shape index (κ2) is 6.78. The molecule has 2 nitrogen and oxygen atoms in total. The first-order valence-electron chi connectivity index (χ1n) is 3.73. The van der Waals surface area contributed by atoms with Crippen LogP contribution < -0.4 is 0 Å². The van der Waals surface area contributed by atoms with Crippen LogP contribution in [0.1, 0.15) is 6.92 Å². The predicted octanol–water partition coefficient (Wildman–Crippen LogP) is 1.14. The molecule has 0 spiro atoms. The van der Waals surface area contributed by atoms with Crippen LogP contribution in [0, 0.1) is 0 Å². The summed E-state index contributed by atoms with van der Waals surface area (Å²) in [4.78, 5) is 2.39. The average molecular weight is 143 g/mol. The first-order chi connectivity index (χ1) is 4.93. The van der Waals surface area contributed by atoms with Crippen molar-refractivity contribution >= 4 is 0 Å². The van der Waals surface area contributed by atoms with Crippen LogP contribution >= 0.6 is 0 Å². The van der Waals surface area contributed by atoms with Crippen molar-refractivity contribution in [2.24, 2.45) is 0 Å². The van der Waals surface area contributed by atoms with Crippen molar-refractivity contribution in [3.8, 4) is 0 Å². The van der Waals surface area contributed by atoms with E-state index >= 15 is 0 Å². The fraction of sp³-hybridized carbons (Fsp3) is 0.750. The van der Waals surface area contributed by atoms with Crippen LogP contribution in [-0.2, 0) is 4.74 Å². The van der Waals surface area contributed by atoms with Gasteiger partial charge in [-0.05, 0) is 6.54 Å². The summed E-state index contributed by atoms with van der Waals surface area (Å²) in [6.07, 6.45) is 0. The molecule has 0 saturated carbocycles. The van der Waals surface area contributed by atoms with Gasteiger partial charge in [0.05, 0.1) is 13.2 Å². The summed E-state index contributed by atoms with van der Waals surface area (Å²) in [6.45, 7) is 13.4. The number of nitrogens with zero attached hydrogens (tertiary/aromatic N) is 1. The Morgan fingerprint density at radius 3 is 2.10 bits per heavy atom. The minimum atomic E-state index is 0.924. The molecular formula is C8H17NO. The summed E-state index contributed by atoms with van der Waals surface area (Å²) in [6, 6.07) is 0. The Labute approximate surface area is 63.5 Å².